The summed E-state index contributed by atoms with van der Waals surface area (Å²) in [5.74, 6) is 2.58. The molecule has 2 heterocycles. The third kappa shape index (κ3) is 2.96. The second kappa shape index (κ2) is 6.01. The Balaban J connectivity index is 1.68. The van der Waals surface area contributed by atoms with Gasteiger partial charge in [-0.1, -0.05) is 6.07 Å². The SMILES string of the molecule is NC(CCc1ccco1)c1ccc2c(c1)OCCCO2. The maximum Gasteiger partial charge on any atom is 0.161 e. The summed E-state index contributed by atoms with van der Waals surface area (Å²) in [5.41, 5.74) is 7.32. The normalized spacial score (nSPS) is 15.7. The minimum absolute atomic E-state index is 0.0303. The first kappa shape index (κ1) is 13.1. The summed E-state index contributed by atoms with van der Waals surface area (Å²) in [6.45, 7) is 1.40. The van der Waals surface area contributed by atoms with Crippen molar-refractivity contribution in [2.45, 2.75) is 25.3 Å². The third-order valence-electron chi connectivity index (χ3n) is 3.48. The molecule has 0 radical (unpaired) electrons. The highest BCUT2D eigenvalue weighted by Crippen LogP contribution is 2.32. The van der Waals surface area contributed by atoms with E-state index in [-0.39, 0.29) is 6.04 Å². The van der Waals surface area contributed by atoms with Crippen molar-refractivity contribution in [2.24, 2.45) is 5.73 Å². The number of aryl methyl sites for hydroxylation is 1. The van der Waals surface area contributed by atoms with Crippen LogP contribution in [0.3, 0.4) is 0 Å². The standard InChI is InChI=1S/C16H19NO3/c17-14(6-5-13-3-1-8-18-13)12-4-7-15-16(11-12)20-10-2-9-19-15/h1,3-4,7-8,11,14H,2,5-6,9-10,17H2. The zero-order chi connectivity index (χ0) is 13.8. The number of rotatable bonds is 4. The van der Waals surface area contributed by atoms with Crippen LogP contribution in [-0.4, -0.2) is 13.2 Å². The first-order valence-corrected chi connectivity index (χ1v) is 7.00. The Morgan fingerprint density at radius 1 is 1.10 bits per heavy atom. The Bertz CT molecular complexity index is 551. The van der Waals surface area contributed by atoms with Crippen molar-refractivity contribution in [2.75, 3.05) is 13.2 Å². The molecular formula is C16H19NO3. The van der Waals surface area contributed by atoms with E-state index >= 15 is 0 Å². The summed E-state index contributed by atoms with van der Waals surface area (Å²) in [4.78, 5) is 0. The van der Waals surface area contributed by atoms with Crippen molar-refractivity contribution in [1.82, 2.24) is 0 Å². The van der Waals surface area contributed by atoms with E-state index in [1.165, 1.54) is 0 Å². The molecule has 1 aliphatic heterocycles. The molecule has 0 saturated carbocycles. The number of hydrogen-bond donors (Lipinski definition) is 1. The molecule has 0 aliphatic carbocycles. The molecule has 1 unspecified atom stereocenters. The van der Waals surface area contributed by atoms with Gasteiger partial charge in [-0.25, -0.2) is 0 Å². The molecule has 0 saturated heterocycles. The molecule has 1 aliphatic rings. The van der Waals surface area contributed by atoms with Crippen LogP contribution in [0.1, 0.15) is 30.2 Å². The van der Waals surface area contributed by atoms with Gasteiger partial charge in [-0.05, 0) is 36.2 Å². The van der Waals surface area contributed by atoms with Gasteiger partial charge in [0.2, 0.25) is 0 Å². The van der Waals surface area contributed by atoms with Crippen molar-refractivity contribution < 1.29 is 13.9 Å². The summed E-state index contributed by atoms with van der Waals surface area (Å²) >= 11 is 0. The molecule has 0 bridgehead atoms. The summed E-state index contributed by atoms with van der Waals surface area (Å²) in [6, 6.07) is 9.79. The fourth-order valence-corrected chi connectivity index (χ4v) is 2.33. The molecule has 0 amide bonds. The van der Waals surface area contributed by atoms with Crippen molar-refractivity contribution >= 4 is 0 Å². The molecule has 2 N–H and O–H groups in total. The largest absolute Gasteiger partial charge is 0.490 e. The molecular weight excluding hydrogens is 254 g/mol. The van der Waals surface area contributed by atoms with Gasteiger partial charge >= 0.3 is 0 Å². The molecule has 1 atom stereocenters. The van der Waals surface area contributed by atoms with Gasteiger partial charge in [0.05, 0.1) is 19.5 Å². The second-order valence-corrected chi connectivity index (χ2v) is 4.98. The van der Waals surface area contributed by atoms with E-state index in [2.05, 4.69) is 0 Å². The maximum absolute atomic E-state index is 6.25. The van der Waals surface area contributed by atoms with Crippen LogP contribution in [0.2, 0.25) is 0 Å². The fourth-order valence-electron chi connectivity index (χ4n) is 2.33. The summed E-state index contributed by atoms with van der Waals surface area (Å²) in [7, 11) is 0. The van der Waals surface area contributed by atoms with Gasteiger partial charge in [0, 0.05) is 18.9 Å². The van der Waals surface area contributed by atoms with E-state index in [1.807, 2.05) is 30.3 Å². The topological polar surface area (TPSA) is 57.6 Å². The van der Waals surface area contributed by atoms with Crippen LogP contribution in [0.4, 0.5) is 0 Å². The number of benzene rings is 1. The molecule has 0 spiro atoms. The van der Waals surface area contributed by atoms with Gasteiger partial charge in [0.25, 0.3) is 0 Å². The lowest BCUT2D eigenvalue weighted by molar-refractivity contribution is 0.297. The van der Waals surface area contributed by atoms with Gasteiger partial charge in [-0.2, -0.15) is 0 Å². The Morgan fingerprint density at radius 3 is 2.75 bits per heavy atom. The van der Waals surface area contributed by atoms with Gasteiger partial charge in [0.1, 0.15) is 5.76 Å². The van der Waals surface area contributed by atoms with Crippen LogP contribution < -0.4 is 15.2 Å². The van der Waals surface area contributed by atoms with E-state index < -0.39 is 0 Å². The minimum atomic E-state index is -0.0303. The highest BCUT2D eigenvalue weighted by atomic mass is 16.5. The first-order chi connectivity index (χ1) is 9.83. The highest BCUT2D eigenvalue weighted by Gasteiger charge is 2.14. The molecule has 20 heavy (non-hydrogen) atoms. The van der Waals surface area contributed by atoms with E-state index in [0.717, 1.165) is 42.1 Å². The molecule has 2 aromatic rings. The van der Waals surface area contributed by atoms with E-state index in [1.54, 1.807) is 6.26 Å². The Morgan fingerprint density at radius 2 is 1.95 bits per heavy atom. The molecule has 3 rings (SSSR count). The van der Waals surface area contributed by atoms with Crippen molar-refractivity contribution in [3.8, 4) is 11.5 Å². The smallest absolute Gasteiger partial charge is 0.161 e. The van der Waals surface area contributed by atoms with E-state index in [4.69, 9.17) is 19.6 Å². The van der Waals surface area contributed by atoms with Gasteiger partial charge < -0.3 is 19.6 Å². The number of furan rings is 1. The quantitative estimate of drug-likeness (QED) is 0.930. The van der Waals surface area contributed by atoms with Crippen molar-refractivity contribution in [1.29, 1.82) is 0 Å². The zero-order valence-corrected chi connectivity index (χ0v) is 11.4. The summed E-state index contributed by atoms with van der Waals surface area (Å²) in [5, 5.41) is 0. The summed E-state index contributed by atoms with van der Waals surface area (Å²) in [6.07, 6.45) is 4.28. The Hall–Kier alpha value is -1.94. The Labute approximate surface area is 118 Å². The number of nitrogens with two attached hydrogens (primary N) is 1. The zero-order valence-electron chi connectivity index (χ0n) is 11.4. The van der Waals surface area contributed by atoms with Gasteiger partial charge in [0.15, 0.2) is 11.5 Å². The van der Waals surface area contributed by atoms with E-state index in [0.29, 0.717) is 13.2 Å². The molecule has 106 valence electrons. The third-order valence-corrected chi connectivity index (χ3v) is 3.48. The Kier molecular flexibility index (Phi) is 3.92. The minimum Gasteiger partial charge on any atom is -0.490 e. The highest BCUT2D eigenvalue weighted by molar-refractivity contribution is 5.44. The lowest BCUT2D eigenvalue weighted by Crippen LogP contribution is -2.11. The lowest BCUT2D eigenvalue weighted by atomic mass is 10.0. The fraction of sp³-hybridized carbons (Fsp3) is 0.375. The van der Waals surface area contributed by atoms with E-state index in [9.17, 15) is 0 Å². The maximum atomic E-state index is 6.25. The predicted octanol–water partition coefficient (Wildman–Crippen LogP) is 3.07. The molecule has 4 nitrogen and oxygen atoms in total. The van der Waals surface area contributed by atoms with Crippen LogP contribution >= 0.6 is 0 Å². The van der Waals surface area contributed by atoms with Crippen molar-refractivity contribution in [3.63, 3.8) is 0 Å². The molecule has 1 aromatic carbocycles. The van der Waals surface area contributed by atoms with Crippen LogP contribution in [0.15, 0.2) is 41.0 Å². The van der Waals surface area contributed by atoms with Gasteiger partial charge in [-0.15, -0.1) is 0 Å². The molecule has 0 fully saturated rings. The van der Waals surface area contributed by atoms with Gasteiger partial charge in [-0.3, -0.25) is 0 Å². The van der Waals surface area contributed by atoms with Crippen molar-refractivity contribution in [3.05, 3.63) is 47.9 Å². The number of ether oxygens (including phenoxy) is 2. The first-order valence-electron chi connectivity index (χ1n) is 7.00. The molecule has 1 aromatic heterocycles. The van der Waals surface area contributed by atoms with Crippen LogP contribution in [0, 0.1) is 0 Å². The van der Waals surface area contributed by atoms with Crippen LogP contribution in [-0.2, 0) is 6.42 Å². The lowest BCUT2D eigenvalue weighted by Gasteiger charge is -2.14. The second-order valence-electron chi connectivity index (χ2n) is 4.98. The predicted molar refractivity (Wildman–Crippen MR) is 76.0 cm³/mol. The number of hydrogen-bond acceptors (Lipinski definition) is 4. The summed E-state index contributed by atoms with van der Waals surface area (Å²) < 4.78 is 16.6. The number of fused-ring (bicyclic) bond motifs is 1. The monoisotopic (exact) mass is 273 g/mol. The molecule has 4 heteroatoms. The average molecular weight is 273 g/mol. The van der Waals surface area contributed by atoms with Crippen LogP contribution in [0.5, 0.6) is 11.5 Å². The van der Waals surface area contributed by atoms with Crippen LogP contribution in [0.25, 0.3) is 0 Å². The average Bonchev–Trinajstić information content (AvgIpc) is 2.88.